The summed E-state index contributed by atoms with van der Waals surface area (Å²) in [5, 5.41) is 7.64. The number of piperazine rings is 1. The molecule has 0 spiro atoms. The first-order chi connectivity index (χ1) is 23.3. The van der Waals surface area contributed by atoms with E-state index in [4.69, 9.17) is 4.52 Å². The molecule has 0 bridgehead atoms. The molecule has 3 aromatic rings. The Hall–Kier alpha value is -3.28. The zero-order chi connectivity index (χ0) is 33.4. The fraction of sp³-hybridized carbons (Fsp3) is 0.622. The lowest BCUT2D eigenvalue weighted by atomic mass is 9.91. The molecule has 4 fully saturated rings. The second-order valence-electron chi connectivity index (χ2n) is 14.7. The Morgan fingerprint density at radius 3 is 2.48 bits per heavy atom. The Morgan fingerprint density at radius 1 is 0.979 bits per heavy atom. The summed E-state index contributed by atoms with van der Waals surface area (Å²) in [7, 11) is 0. The van der Waals surface area contributed by atoms with Crippen LogP contribution in [0.1, 0.15) is 88.3 Å². The number of hydrogen-bond donors (Lipinski definition) is 1. The first-order valence-electron chi connectivity index (χ1n) is 18.1. The lowest BCUT2D eigenvalue weighted by Crippen LogP contribution is -2.50. The number of nitrogens with one attached hydrogen (secondary N) is 1. The van der Waals surface area contributed by atoms with Crippen molar-refractivity contribution in [1.82, 2.24) is 30.2 Å². The Balaban J connectivity index is 0.952. The topological polar surface area (TPSA) is 98.0 Å². The Morgan fingerprint density at radius 2 is 1.75 bits per heavy atom. The number of nitrogens with zero attached hydrogens (tertiary/aromatic N) is 6. The smallest absolute Gasteiger partial charge is 0.243 e. The monoisotopic (exact) mass is 673 g/mol. The van der Waals surface area contributed by atoms with Crippen LogP contribution < -0.4 is 10.2 Å². The van der Waals surface area contributed by atoms with Crippen molar-refractivity contribution in [2.75, 3.05) is 50.7 Å². The number of fused-ring (bicyclic) bond motifs is 1. The van der Waals surface area contributed by atoms with Gasteiger partial charge in [0.2, 0.25) is 11.8 Å². The van der Waals surface area contributed by atoms with Crippen LogP contribution in [-0.2, 0) is 9.59 Å². The van der Waals surface area contributed by atoms with Gasteiger partial charge in [-0.1, -0.05) is 43.3 Å². The average Bonchev–Trinajstić information content (AvgIpc) is 3.92. The number of aryl methyl sites for hydroxylation is 1. The van der Waals surface area contributed by atoms with Gasteiger partial charge in [-0.3, -0.25) is 19.4 Å². The summed E-state index contributed by atoms with van der Waals surface area (Å²) >= 11 is 1.63. The molecule has 0 saturated carbocycles. The SMILES string of the molecule is Cc1ncsc1-c1ccc(C(C)NC(=O)C2CCCN2C(=O)C(c2cc(N3CCN(CC4CCC5CCCN54)CC3)no2)C(C)C)cc1. The number of carbonyl (C=O) groups is 2. The van der Waals surface area contributed by atoms with Gasteiger partial charge in [-0.15, -0.1) is 11.3 Å². The van der Waals surface area contributed by atoms with E-state index in [0.717, 1.165) is 66.2 Å². The molecule has 2 aromatic heterocycles. The van der Waals surface area contributed by atoms with E-state index in [9.17, 15) is 9.59 Å². The Labute approximate surface area is 288 Å². The summed E-state index contributed by atoms with van der Waals surface area (Å²) < 4.78 is 5.90. The van der Waals surface area contributed by atoms with E-state index < -0.39 is 12.0 Å². The molecule has 4 aliphatic heterocycles. The molecule has 48 heavy (non-hydrogen) atoms. The molecule has 11 heteroatoms. The van der Waals surface area contributed by atoms with Crippen molar-refractivity contribution in [3.63, 3.8) is 0 Å². The third-order valence-electron chi connectivity index (χ3n) is 11.3. The molecule has 2 amide bonds. The number of aromatic nitrogens is 2. The maximum Gasteiger partial charge on any atom is 0.243 e. The minimum Gasteiger partial charge on any atom is -0.358 e. The third kappa shape index (κ3) is 6.78. The number of anilines is 1. The normalized spacial score (nSPS) is 24.7. The largest absolute Gasteiger partial charge is 0.358 e. The Bertz CT molecular complexity index is 1560. The van der Waals surface area contributed by atoms with Crippen molar-refractivity contribution in [2.45, 2.75) is 96.3 Å². The Kier molecular flexibility index (Phi) is 9.89. The van der Waals surface area contributed by atoms with Crippen molar-refractivity contribution >= 4 is 29.0 Å². The molecule has 5 unspecified atom stereocenters. The van der Waals surface area contributed by atoms with E-state index >= 15 is 0 Å². The maximum absolute atomic E-state index is 14.1. The van der Waals surface area contributed by atoms with Crippen LogP contribution in [0.15, 0.2) is 40.4 Å². The maximum atomic E-state index is 14.1. The standard InChI is InChI=1S/C37H51N7O3S/c1-24(2)34(32-21-33(40-47-32)42-19-17-41(18-20-42)22-30-14-13-29-7-5-15-43(29)30)37(46)44-16-6-8-31(44)36(45)39-25(3)27-9-11-28(12-10-27)35-26(4)38-23-48-35/h9-12,21,23-25,29-31,34H,5-8,13-20,22H2,1-4H3,(H,39,45). The van der Waals surface area contributed by atoms with E-state index in [2.05, 4.69) is 54.4 Å². The molecule has 6 heterocycles. The number of likely N-dealkylation sites (tertiary alicyclic amines) is 1. The van der Waals surface area contributed by atoms with Gasteiger partial charge in [-0.2, -0.15) is 0 Å². The number of benzene rings is 1. The average molecular weight is 674 g/mol. The van der Waals surface area contributed by atoms with Crippen molar-refractivity contribution in [3.05, 3.63) is 52.9 Å². The summed E-state index contributed by atoms with van der Waals surface area (Å²) in [4.78, 5) is 42.7. The molecule has 1 N–H and O–H groups in total. The van der Waals surface area contributed by atoms with Crippen LogP contribution in [-0.4, -0.2) is 101 Å². The minimum atomic E-state index is -0.494. The summed E-state index contributed by atoms with van der Waals surface area (Å²) in [6.07, 6.45) is 6.91. The first kappa shape index (κ1) is 33.2. The molecule has 0 radical (unpaired) electrons. The van der Waals surface area contributed by atoms with Crippen LogP contribution in [0.4, 0.5) is 5.82 Å². The molecule has 0 aliphatic carbocycles. The highest BCUT2D eigenvalue weighted by Gasteiger charge is 2.41. The highest BCUT2D eigenvalue weighted by molar-refractivity contribution is 7.13. The van der Waals surface area contributed by atoms with Crippen molar-refractivity contribution in [2.24, 2.45) is 5.92 Å². The molecule has 10 nitrogen and oxygen atoms in total. The predicted molar refractivity (Wildman–Crippen MR) is 189 cm³/mol. The van der Waals surface area contributed by atoms with Gasteiger partial charge in [0.15, 0.2) is 11.6 Å². The number of carbonyl (C=O) groups excluding carboxylic acids is 2. The fourth-order valence-electron chi connectivity index (χ4n) is 8.54. The molecular weight excluding hydrogens is 623 g/mol. The van der Waals surface area contributed by atoms with Crippen molar-refractivity contribution < 1.29 is 14.1 Å². The number of amides is 2. The molecule has 4 aliphatic rings. The number of rotatable bonds is 10. The zero-order valence-corrected chi connectivity index (χ0v) is 29.8. The van der Waals surface area contributed by atoms with Gasteiger partial charge in [0, 0.05) is 57.4 Å². The van der Waals surface area contributed by atoms with Crippen molar-refractivity contribution in [1.29, 1.82) is 0 Å². The highest BCUT2D eigenvalue weighted by Crippen LogP contribution is 2.35. The van der Waals surface area contributed by atoms with E-state index in [1.165, 1.54) is 38.8 Å². The summed E-state index contributed by atoms with van der Waals surface area (Å²) in [5.41, 5.74) is 5.04. The minimum absolute atomic E-state index is 0.0000890. The molecule has 5 atom stereocenters. The first-order valence-corrected chi connectivity index (χ1v) is 19.0. The van der Waals surface area contributed by atoms with Gasteiger partial charge < -0.3 is 19.6 Å². The molecule has 4 saturated heterocycles. The predicted octanol–water partition coefficient (Wildman–Crippen LogP) is 5.46. The van der Waals surface area contributed by atoms with E-state index in [-0.39, 0.29) is 23.8 Å². The van der Waals surface area contributed by atoms with Gasteiger partial charge in [0.05, 0.1) is 22.1 Å². The van der Waals surface area contributed by atoms with Crippen LogP contribution in [0.5, 0.6) is 0 Å². The molecule has 258 valence electrons. The highest BCUT2D eigenvalue weighted by atomic mass is 32.1. The summed E-state index contributed by atoms with van der Waals surface area (Å²) in [5.74, 6) is 0.756. The van der Waals surface area contributed by atoms with Gasteiger partial charge in [0.25, 0.3) is 0 Å². The summed E-state index contributed by atoms with van der Waals surface area (Å²) in [6, 6.07) is 11.1. The second kappa shape index (κ2) is 14.3. The molecular formula is C37H51N7O3S. The lowest BCUT2D eigenvalue weighted by Gasteiger charge is -2.37. The van der Waals surface area contributed by atoms with E-state index in [1.54, 1.807) is 16.2 Å². The quantitative estimate of drug-likeness (QED) is 0.303. The number of thiazole rings is 1. The van der Waals surface area contributed by atoms with Crippen LogP contribution in [0.2, 0.25) is 0 Å². The number of hydrogen-bond acceptors (Lipinski definition) is 9. The van der Waals surface area contributed by atoms with E-state index in [0.29, 0.717) is 24.8 Å². The second-order valence-corrected chi connectivity index (χ2v) is 15.5. The van der Waals surface area contributed by atoms with E-state index in [1.807, 2.05) is 39.3 Å². The molecule has 1 aromatic carbocycles. The van der Waals surface area contributed by atoms with Gasteiger partial charge >= 0.3 is 0 Å². The molecule has 7 rings (SSSR count). The van der Waals surface area contributed by atoms with Crippen LogP contribution in [0.3, 0.4) is 0 Å². The lowest BCUT2D eigenvalue weighted by molar-refractivity contribution is -0.141. The zero-order valence-electron chi connectivity index (χ0n) is 28.9. The summed E-state index contributed by atoms with van der Waals surface area (Å²) in [6.45, 7) is 15.0. The third-order valence-corrected chi connectivity index (χ3v) is 12.2. The van der Waals surface area contributed by atoms with Crippen LogP contribution in [0, 0.1) is 12.8 Å². The van der Waals surface area contributed by atoms with Crippen molar-refractivity contribution in [3.8, 4) is 10.4 Å². The van der Waals surface area contributed by atoms with Crippen LogP contribution >= 0.6 is 11.3 Å². The van der Waals surface area contributed by atoms with Gasteiger partial charge in [0.1, 0.15) is 12.0 Å². The van der Waals surface area contributed by atoms with Gasteiger partial charge in [-0.25, -0.2) is 4.98 Å². The van der Waals surface area contributed by atoms with Gasteiger partial charge in [-0.05, 0) is 76.0 Å². The van der Waals surface area contributed by atoms with Crippen LogP contribution in [0.25, 0.3) is 10.4 Å². The fourth-order valence-corrected chi connectivity index (χ4v) is 9.35.